The van der Waals surface area contributed by atoms with Gasteiger partial charge in [0.2, 0.25) is 5.91 Å². The Morgan fingerprint density at radius 3 is 2.34 bits per heavy atom. The summed E-state index contributed by atoms with van der Waals surface area (Å²) in [6.45, 7) is 0.987. The van der Waals surface area contributed by atoms with E-state index >= 15 is 0 Å². The summed E-state index contributed by atoms with van der Waals surface area (Å²) in [7, 11) is 1.29. The predicted molar refractivity (Wildman–Crippen MR) is 157 cm³/mol. The van der Waals surface area contributed by atoms with Crippen molar-refractivity contribution in [1.29, 1.82) is 0 Å². The number of nitrogens with zero attached hydrogens (tertiary/aromatic N) is 5. The smallest absolute Gasteiger partial charge is 0.374 e. The fourth-order valence-corrected chi connectivity index (χ4v) is 4.07. The number of azo groups is 1. The molecule has 0 aliphatic rings. The molecule has 17 heteroatoms. The van der Waals surface area contributed by atoms with E-state index in [1.54, 1.807) is 0 Å². The Labute approximate surface area is 254 Å². The summed E-state index contributed by atoms with van der Waals surface area (Å²) in [5, 5.41) is 41.9. The van der Waals surface area contributed by atoms with Crippen molar-refractivity contribution in [3.63, 3.8) is 0 Å². The molecule has 0 aliphatic carbocycles. The van der Waals surface area contributed by atoms with Gasteiger partial charge in [-0.3, -0.25) is 29.8 Å². The van der Waals surface area contributed by atoms with Crippen LogP contribution in [-0.4, -0.2) is 59.4 Å². The Kier molecular flexibility index (Phi) is 11.4. The first-order chi connectivity index (χ1) is 20.9. The second-order valence-corrected chi connectivity index (χ2v) is 9.33. The van der Waals surface area contributed by atoms with E-state index in [9.17, 15) is 39.7 Å². The van der Waals surface area contributed by atoms with Gasteiger partial charge in [0.05, 0.1) is 59.2 Å². The van der Waals surface area contributed by atoms with Gasteiger partial charge in [-0.15, -0.1) is 10.2 Å². The highest BCUT2D eigenvalue weighted by molar-refractivity contribution is 6.34. The highest BCUT2D eigenvalue weighted by atomic mass is 35.5. The van der Waals surface area contributed by atoms with E-state index in [0.717, 1.165) is 11.6 Å². The Hall–Kier alpha value is -5.48. The molecule has 0 saturated carbocycles. The minimum atomic E-state index is -1.66. The van der Waals surface area contributed by atoms with Crippen molar-refractivity contribution in [3.8, 4) is 5.75 Å². The molecule has 16 nitrogen and oxygen atoms in total. The minimum absolute atomic E-state index is 0.00992. The van der Waals surface area contributed by atoms with Crippen LogP contribution in [0.5, 0.6) is 5.75 Å². The number of non-ortho nitro benzene ring substituents is 1. The molecule has 2 N–H and O–H groups in total. The molecular formula is C27H25ClN6O10. The number of Topliss-reactive ketones (excluding diaryl/α,β-unsaturated/α-hetero) is 1. The second-order valence-electron chi connectivity index (χ2n) is 8.92. The van der Waals surface area contributed by atoms with Crippen molar-refractivity contribution in [2.45, 2.75) is 13.5 Å². The highest BCUT2D eigenvalue weighted by Crippen LogP contribution is 2.42. The predicted octanol–water partition coefficient (Wildman–Crippen LogP) is 5.22. The van der Waals surface area contributed by atoms with Gasteiger partial charge in [-0.05, 0) is 11.6 Å². The summed E-state index contributed by atoms with van der Waals surface area (Å²) in [6.07, 6.45) is 0. The molecule has 0 radical (unpaired) electrons. The van der Waals surface area contributed by atoms with Crippen LogP contribution in [0.1, 0.15) is 12.5 Å². The van der Waals surface area contributed by atoms with Crippen molar-refractivity contribution < 1.29 is 38.8 Å². The Bertz CT molecular complexity index is 1620. The number of nitro benzene ring substituents is 2. The van der Waals surface area contributed by atoms with Crippen LogP contribution in [0.25, 0.3) is 0 Å². The first-order valence-corrected chi connectivity index (χ1v) is 13.0. The number of anilines is 2. The maximum absolute atomic E-state index is 12.2. The average Bonchev–Trinajstić information content (AvgIpc) is 2.97. The lowest BCUT2D eigenvalue weighted by atomic mass is 10.2. The van der Waals surface area contributed by atoms with Gasteiger partial charge >= 0.3 is 11.7 Å². The van der Waals surface area contributed by atoms with Gasteiger partial charge < -0.3 is 24.8 Å². The van der Waals surface area contributed by atoms with Crippen molar-refractivity contribution >= 4 is 63.4 Å². The number of ether oxygens (including phenoxy) is 2. The number of rotatable bonds is 15. The fraction of sp³-hybridized carbons (Fsp3) is 0.222. The summed E-state index contributed by atoms with van der Waals surface area (Å²) in [6, 6.07) is 13.5. The van der Waals surface area contributed by atoms with Crippen molar-refractivity contribution in [1.82, 2.24) is 0 Å². The number of carbonyl (C=O) groups excluding carboxylic acids is 2. The maximum Gasteiger partial charge on any atom is 0.374 e. The van der Waals surface area contributed by atoms with E-state index in [0.29, 0.717) is 6.07 Å². The lowest BCUT2D eigenvalue weighted by molar-refractivity contribution is -0.393. The fourth-order valence-electron chi connectivity index (χ4n) is 3.82. The molecule has 3 aromatic rings. The van der Waals surface area contributed by atoms with Crippen LogP contribution in [0.4, 0.5) is 34.1 Å². The van der Waals surface area contributed by atoms with Gasteiger partial charge in [0.25, 0.3) is 11.5 Å². The van der Waals surface area contributed by atoms with Crippen LogP contribution in [0, 0.1) is 20.2 Å². The molecule has 1 amide bonds. The third kappa shape index (κ3) is 8.76. The van der Waals surface area contributed by atoms with E-state index in [4.69, 9.17) is 21.1 Å². The van der Waals surface area contributed by atoms with Crippen LogP contribution in [0.2, 0.25) is 5.02 Å². The molecule has 0 saturated heterocycles. The number of methoxy groups -OCH3 is 1. The van der Waals surface area contributed by atoms with E-state index in [-0.39, 0.29) is 42.6 Å². The topological polar surface area (TPSA) is 216 Å². The van der Waals surface area contributed by atoms with E-state index in [1.807, 2.05) is 30.3 Å². The highest BCUT2D eigenvalue weighted by Gasteiger charge is 2.25. The van der Waals surface area contributed by atoms with Crippen molar-refractivity contribution in [2.75, 3.05) is 37.0 Å². The van der Waals surface area contributed by atoms with Crippen LogP contribution >= 0.6 is 11.6 Å². The number of aliphatic carboxylic acids is 1. The first-order valence-electron chi connectivity index (χ1n) is 12.6. The lowest BCUT2D eigenvalue weighted by Gasteiger charge is -2.26. The Morgan fingerprint density at radius 1 is 1.05 bits per heavy atom. The van der Waals surface area contributed by atoms with Gasteiger partial charge in [0, 0.05) is 25.6 Å². The zero-order chi connectivity index (χ0) is 32.4. The molecule has 230 valence electrons. The Balaban J connectivity index is 2.03. The number of carboxylic acid groups (broad SMARTS) is 1. The number of carboxylic acids is 1. The number of ketones is 1. The van der Waals surface area contributed by atoms with E-state index < -0.39 is 56.1 Å². The van der Waals surface area contributed by atoms with Crippen LogP contribution in [0.15, 0.2) is 64.8 Å². The van der Waals surface area contributed by atoms with E-state index in [1.165, 1.54) is 31.1 Å². The quantitative estimate of drug-likeness (QED) is 0.0731. The van der Waals surface area contributed by atoms with Gasteiger partial charge in [-0.25, -0.2) is 4.79 Å². The molecule has 0 atom stereocenters. The zero-order valence-electron chi connectivity index (χ0n) is 23.3. The van der Waals surface area contributed by atoms with Gasteiger partial charge in [0.15, 0.2) is 5.69 Å². The van der Waals surface area contributed by atoms with Crippen molar-refractivity contribution in [3.05, 3.63) is 85.4 Å². The third-order valence-electron chi connectivity index (χ3n) is 5.83. The third-order valence-corrected chi connectivity index (χ3v) is 6.12. The van der Waals surface area contributed by atoms with Gasteiger partial charge in [-0.2, -0.15) is 0 Å². The summed E-state index contributed by atoms with van der Waals surface area (Å²) < 4.78 is 11.2. The summed E-state index contributed by atoms with van der Waals surface area (Å²) in [5.74, 6) is -3.26. The van der Waals surface area contributed by atoms with Gasteiger partial charge in [-0.1, -0.05) is 41.9 Å². The van der Waals surface area contributed by atoms with Crippen LogP contribution in [-0.2, 0) is 25.7 Å². The number of carbonyl (C=O) groups is 3. The molecule has 0 aromatic heterocycles. The monoisotopic (exact) mass is 628 g/mol. The number of nitro groups is 2. The molecule has 3 rings (SSSR count). The summed E-state index contributed by atoms with van der Waals surface area (Å²) in [5.41, 5.74) is -0.879. The molecule has 0 aliphatic heterocycles. The molecule has 0 heterocycles. The molecule has 3 aromatic carbocycles. The van der Waals surface area contributed by atoms with Crippen LogP contribution < -0.4 is 15.0 Å². The zero-order valence-corrected chi connectivity index (χ0v) is 24.0. The molecule has 0 unspecified atom stereocenters. The number of hydrogen-bond acceptors (Lipinski definition) is 12. The van der Waals surface area contributed by atoms with Crippen molar-refractivity contribution in [2.24, 2.45) is 10.2 Å². The summed E-state index contributed by atoms with van der Waals surface area (Å²) >= 11 is 6.06. The SMILES string of the molecule is COc1cc(N=Nc2c(Cl)cc([N+](=O)[O-])cc2[N+](=O)[O-])c(NC(C)=O)cc1N(CCOCc1ccccc1)CC(=O)C(=O)O. The number of benzene rings is 3. The molecule has 44 heavy (non-hydrogen) atoms. The minimum Gasteiger partial charge on any atom is -0.494 e. The molecular weight excluding hydrogens is 604 g/mol. The maximum atomic E-state index is 12.2. The van der Waals surface area contributed by atoms with Gasteiger partial charge in [0.1, 0.15) is 11.4 Å². The normalized spacial score (nSPS) is 10.8. The number of nitrogens with one attached hydrogen (secondary N) is 1. The number of hydrogen-bond donors (Lipinski definition) is 2. The van der Waals surface area contributed by atoms with Crippen LogP contribution in [0.3, 0.4) is 0 Å². The molecule has 0 fully saturated rings. The number of halogens is 1. The standard InChI is InChI=1S/C27H25ClN6O10/c1-16(35)29-20-12-22(32(14-24(36)27(37)38)8-9-44-15-17-6-4-3-5-7-17)25(43-2)13-21(20)30-31-26-19(28)10-18(33(39)40)11-23(26)34(41)42/h3-7,10-13H,8-9,14-15H2,1-2H3,(H,29,35)(H,37,38). The molecule has 0 spiro atoms. The van der Waals surface area contributed by atoms with E-state index in [2.05, 4.69) is 15.5 Å². The molecule has 0 bridgehead atoms. The summed E-state index contributed by atoms with van der Waals surface area (Å²) in [4.78, 5) is 57.9. The average molecular weight is 629 g/mol. The number of amides is 1. The lowest BCUT2D eigenvalue weighted by Crippen LogP contribution is -2.36. The second kappa shape index (κ2) is 15.1. The largest absolute Gasteiger partial charge is 0.494 e. The first kappa shape index (κ1) is 33.0. The Morgan fingerprint density at radius 2 is 1.75 bits per heavy atom.